The summed E-state index contributed by atoms with van der Waals surface area (Å²) in [7, 11) is 0. The van der Waals surface area contributed by atoms with Gasteiger partial charge in [-0.1, -0.05) is 19.1 Å². The molecule has 9 heteroatoms. The van der Waals surface area contributed by atoms with Crippen LogP contribution in [0.4, 0.5) is 13.2 Å². The van der Waals surface area contributed by atoms with E-state index in [-0.39, 0.29) is 27.4 Å². The Balaban J connectivity index is 1.60. The van der Waals surface area contributed by atoms with E-state index in [1.165, 1.54) is 0 Å². The lowest BCUT2D eigenvalue weighted by atomic mass is 9.95. The lowest BCUT2D eigenvalue weighted by Gasteiger charge is -2.14. The number of ether oxygens (including phenoxy) is 1. The van der Waals surface area contributed by atoms with Gasteiger partial charge in [0.15, 0.2) is 11.6 Å². The first-order valence-electron chi connectivity index (χ1n) is 9.52. The molecule has 0 fully saturated rings. The number of H-pyrrole nitrogens is 1. The largest absolute Gasteiger partial charge is 0.458 e. The lowest BCUT2D eigenvalue weighted by Crippen LogP contribution is -2.23. The number of aromatic nitrogens is 2. The number of aromatic amines is 1. The quantitative estimate of drug-likeness (QED) is 0.342. The number of thiazole rings is 1. The predicted octanol–water partition coefficient (Wildman–Crippen LogP) is 5.10. The van der Waals surface area contributed by atoms with E-state index < -0.39 is 34.9 Å². The van der Waals surface area contributed by atoms with Crippen molar-refractivity contribution in [3.05, 3.63) is 74.3 Å². The van der Waals surface area contributed by atoms with Crippen molar-refractivity contribution in [1.82, 2.24) is 9.97 Å². The zero-order valence-corrected chi connectivity index (χ0v) is 17.4. The highest BCUT2D eigenvalue weighted by molar-refractivity contribution is 7.18. The van der Waals surface area contributed by atoms with Gasteiger partial charge in [0, 0.05) is 22.5 Å². The molecule has 2 aromatic carbocycles. The van der Waals surface area contributed by atoms with Gasteiger partial charge >= 0.3 is 5.97 Å². The van der Waals surface area contributed by atoms with Gasteiger partial charge in [0.25, 0.3) is 5.56 Å². The van der Waals surface area contributed by atoms with E-state index in [0.29, 0.717) is 18.0 Å². The van der Waals surface area contributed by atoms with Crippen LogP contribution in [-0.4, -0.2) is 15.9 Å². The van der Waals surface area contributed by atoms with Gasteiger partial charge in [0.1, 0.15) is 22.9 Å². The van der Waals surface area contributed by atoms with E-state index in [1.54, 1.807) is 19.1 Å². The Bertz CT molecular complexity index is 1380. The minimum atomic E-state index is -1.34. The SMILES string of the molecule is CCC(C(=O)OCc1nc2c(F)c(F)cc(F)c2s1)c1cc2c(C)cccc2[nH]c1=O. The summed E-state index contributed by atoms with van der Waals surface area (Å²) in [4.78, 5) is 31.9. The molecule has 0 amide bonds. The Morgan fingerprint density at radius 1 is 1.23 bits per heavy atom. The Hall–Kier alpha value is -3.20. The summed E-state index contributed by atoms with van der Waals surface area (Å²) >= 11 is 0.773. The molecule has 1 N–H and O–H groups in total. The van der Waals surface area contributed by atoms with Crippen molar-refractivity contribution in [2.45, 2.75) is 32.8 Å². The molecule has 0 aliphatic heterocycles. The van der Waals surface area contributed by atoms with Gasteiger partial charge in [0.2, 0.25) is 0 Å². The molecule has 4 aromatic rings. The number of benzene rings is 2. The first-order chi connectivity index (χ1) is 14.8. The second-order valence-electron chi connectivity index (χ2n) is 7.10. The van der Waals surface area contributed by atoms with Crippen LogP contribution in [0, 0.1) is 24.4 Å². The summed E-state index contributed by atoms with van der Waals surface area (Å²) in [6, 6.07) is 7.64. The molecule has 2 aromatic heterocycles. The Morgan fingerprint density at radius 2 is 2.00 bits per heavy atom. The molecule has 0 aliphatic rings. The molecule has 2 heterocycles. The highest BCUT2D eigenvalue weighted by atomic mass is 32.1. The minimum absolute atomic E-state index is 0.116. The summed E-state index contributed by atoms with van der Waals surface area (Å²) in [5, 5.41) is 0.937. The maximum absolute atomic E-state index is 13.9. The van der Waals surface area contributed by atoms with Gasteiger partial charge in [0.05, 0.1) is 10.6 Å². The Kier molecular flexibility index (Phi) is 5.53. The molecule has 0 aliphatic carbocycles. The molecular weight excluding hydrogens is 429 g/mol. The third-order valence-electron chi connectivity index (χ3n) is 5.10. The normalized spacial score (nSPS) is 12.4. The predicted molar refractivity (Wildman–Crippen MR) is 112 cm³/mol. The van der Waals surface area contributed by atoms with Crippen molar-refractivity contribution in [3.63, 3.8) is 0 Å². The highest BCUT2D eigenvalue weighted by Crippen LogP contribution is 2.30. The van der Waals surface area contributed by atoms with E-state index in [2.05, 4.69) is 9.97 Å². The molecule has 160 valence electrons. The lowest BCUT2D eigenvalue weighted by molar-refractivity contribution is -0.146. The number of nitrogens with one attached hydrogen (secondary N) is 1. The molecule has 0 saturated carbocycles. The Labute approximate surface area is 178 Å². The fourth-order valence-corrected chi connectivity index (χ4v) is 4.37. The average molecular weight is 446 g/mol. The molecular formula is C22H17F3N2O3S. The van der Waals surface area contributed by atoms with Crippen LogP contribution < -0.4 is 5.56 Å². The average Bonchev–Trinajstić information content (AvgIpc) is 3.17. The molecule has 0 radical (unpaired) electrons. The second kappa shape index (κ2) is 8.14. The van der Waals surface area contributed by atoms with E-state index in [4.69, 9.17) is 4.74 Å². The van der Waals surface area contributed by atoms with E-state index in [1.807, 2.05) is 19.1 Å². The number of aryl methyl sites for hydroxylation is 1. The fourth-order valence-electron chi connectivity index (χ4n) is 3.49. The summed E-state index contributed by atoms with van der Waals surface area (Å²) in [6.07, 6.45) is 0.313. The van der Waals surface area contributed by atoms with Crippen molar-refractivity contribution in [2.24, 2.45) is 0 Å². The number of nitrogens with zero attached hydrogens (tertiary/aromatic N) is 1. The van der Waals surface area contributed by atoms with Crippen molar-refractivity contribution < 1.29 is 22.7 Å². The van der Waals surface area contributed by atoms with Gasteiger partial charge in [-0.2, -0.15) is 0 Å². The molecule has 0 saturated heterocycles. The number of carbonyl (C=O) groups is 1. The standard InChI is InChI=1S/C22H17F3N2O3S/c1-3-11(13-7-12-10(2)5-4-6-16(12)26-21(13)28)22(29)30-9-17-27-19-18(25)14(23)8-15(24)20(19)31-17/h4-8,11H,3,9H2,1-2H3,(H,26,28). The van der Waals surface area contributed by atoms with Gasteiger partial charge in [-0.25, -0.2) is 18.2 Å². The van der Waals surface area contributed by atoms with Crippen LogP contribution in [0.5, 0.6) is 0 Å². The number of carbonyl (C=O) groups excluding carboxylic acids is 1. The molecule has 31 heavy (non-hydrogen) atoms. The third-order valence-corrected chi connectivity index (χ3v) is 6.14. The van der Waals surface area contributed by atoms with Gasteiger partial charge in [-0.3, -0.25) is 9.59 Å². The van der Waals surface area contributed by atoms with Gasteiger partial charge < -0.3 is 9.72 Å². The maximum Gasteiger partial charge on any atom is 0.314 e. The summed E-state index contributed by atoms with van der Waals surface area (Å²) in [6.45, 7) is 3.30. The zero-order chi connectivity index (χ0) is 22.3. The number of hydrogen-bond donors (Lipinski definition) is 1. The number of hydrogen-bond acceptors (Lipinski definition) is 5. The van der Waals surface area contributed by atoms with Crippen LogP contribution in [0.3, 0.4) is 0 Å². The number of halogens is 3. The molecule has 4 rings (SSSR count). The zero-order valence-electron chi connectivity index (χ0n) is 16.6. The molecule has 0 bridgehead atoms. The summed E-state index contributed by atoms with van der Waals surface area (Å²) < 4.78 is 46.2. The molecule has 1 atom stereocenters. The second-order valence-corrected chi connectivity index (χ2v) is 8.18. The van der Waals surface area contributed by atoms with Crippen LogP contribution >= 0.6 is 11.3 Å². The number of esters is 1. The first kappa shape index (κ1) is 21.0. The van der Waals surface area contributed by atoms with Gasteiger partial charge in [-0.05, 0) is 31.0 Å². The van der Waals surface area contributed by atoms with E-state index in [0.717, 1.165) is 22.3 Å². The number of pyridine rings is 1. The third kappa shape index (κ3) is 3.81. The van der Waals surface area contributed by atoms with Crippen LogP contribution in [0.2, 0.25) is 0 Å². The smallest absolute Gasteiger partial charge is 0.314 e. The van der Waals surface area contributed by atoms with Crippen molar-refractivity contribution in [1.29, 1.82) is 0 Å². The first-order valence-corrected chi connectivity index (χ1v) is 10.3. The van der Waals surface area contributed by atoms with Crippen molar-refractivity contribution in [3.8, 4) is 0 Å². The monoisotopic (exact) mass is 446 g/mol. The maximum atomic E-state index is 13.9. The van der Waals surface area contributed by atoms with Crippen LogP contribution in [0.25, 0.3) is 21.1 Å². The van der Waals surface area contributed by atoms with Crippen molar-refractivity contribution >= 4 is 38.4 Å². The van der Waals surface area contributed by atoms with Crippen LogP contribution in [-0.2, 0) is 16.1 Å². The van der Waals surface area contributed by atoms with Crippen molar-refractivity contribution in [2.75, 3.05) is 0 Å². The van der Waals surface area contributed by atoms with E-state index >= 15 is 0 Å². The minimum Gasteiger partial charge on any atom is -0.458 e. The fraction of sp³-hybridized carbons (Fsp3) is 0.227. The molecule has 5 nitrogen and oxygen atoms in total. The Morgan fingerprint density at radius 3 is 2.74 bits per heavy atom. The van der Waals surface area contributed by atoms with Crippen LogP contribution in [0.1, 0.15) is 35.4 Å². The summed E-state index contributed by atoms with van der Waals surface area (Å²) in [5.41, 5.74) is 1.06. The number of rotatable bonds is 5. The molecule has 1 unspecified atom stereocenters. The van der Waals surface area contributed by atoms with Gasteiger partial charge in [-0.15, -0.1) is 11.3 Å². The number of fused-ring (bicyclic) bond motifs is 2. The molecule has 0 spiro atoms. The summed E-state index contributed by atoms with van der Waals surface area (Å²) in [5.74, 6) is -5.01. The van der Waals surface area contributed by atoms with E-state index in [9.17, 15) is 22.8 Å². The topological polar surface area (TPSA) is 72.0 Å². The van der Waals surface area contributed by atoms with Crippen LogP contribution in [0.15, 0.2) is 35.1 Å². The highest BCUT2D eigenvalue weighted by Gasteiger charge is 2.25.